The van der Waals surface area contributed by atoms with E-state index in [0.717, 1.165) is 13.1 Å². The van der Waals surface area contributed by atoms with Gasteiger partial charge in [-0.1, -0.05) is 30.3 Å². The molecule has 1 aliphatic heterocycles. The Morgan fingerprint density at radius 2 is 1.79 bits per heavy atom. The Balaban J connectivity index is 2.18. The maximum atomic E-state index is 13.0. The van der Waals surface area contributed by atoms with Gasteiger partial charge in [-0.2, -0.15) is 5.10 Å². The van der Waals surface area contributed by atoms with Crippen molar-refractivity contribution in [3.63, 3.8) is 0 Å². The van der Waals surface area contributed by atoms with Crippen LogP contribution in [0.1, 0.15) is 32.1 Å². The smallest absolute Gasteiger partial charge is 0.271 e. The second-order valence-electron chi connectivity index (χ2n) is 5.65. The number of piperazine rings is 1. The van der Waals surface area contributed by atoms with Crippen molar-refractivity contribution in [2.24, 2.45) is 5.73 Å². The minimum Gasteiger partial charge on any atom is -0.366 e. The van der Waals surface area contributed by atoms with Gasteiger partial charge in [-0.15, -0.1) is 5.10 Å². The normalized spacial score (nSPS) is 14.5. The Bertz CT molecular complexity index is 770. The lowest BCUT2D eigenvalue weighted by Crippen LogP contribution is -2.45. The zero-order valence-corrected chi connectivity index (χ0v) is 13.5. The Kier molecular flexibility index (Phi) is 4.52. The van der Waals surface area contributed by atoms with Gasteiger partial charge in [0, 0.05) is 31.7 Å². The predicted molar refractivity (Wildman–Crippen MR) is 90.2 cm³/mol. The number of ketones is 1. The standard InChI is InChI=1S/C17H19N5O2/c1-11-13(16(23)12-5-3-2-4-6-12)15(14(17(18)24)21-20-11)22-9-7-19-8-10-22/h2-6,19H,7-10H2,1H3,(H2,18,24). The number of aromatic nitrogens is 2. The van der Waals surface area contributed by atoms with Gasteiger partial charge < -0.3 is 16.0 Å². The summed E-state index contributed by atoms with van der Waals surface area (Å²) < 4.78 is 0. The quantitative estimate of drug-likeness (QED) is 0.795. The summed E-state index contributed by atoms with van der Waals surface area (Å²) in [6.07, 6.45) is 0. The van der Waals surface area contributed by atoms with Crippen LogP contribution in [-0.2, 0) is 0 Å². The number of benzene rings is 1. The molecule has 0 unspecified atom stereocenters. The molecule has 0 aliphatic carbocycles. The van der Waals surface area contributed by atoms with E-state index in [2.05, 4.69) is 15.5 Å². The van der Waals surface area contributed by atoms with Crippen molar-refractivity contribution in [1.29, 1.82) is 0 Å². The SMILES string of the molecule is Cc1nnc(C(N)=O)c(N2CCNCC2)c1C(=O)c1ccccc1. The van der Waals surface area contributed by atoms with E-state index in [1.54, 1.807) is 31.2 Å². The molecule has 1 amide bonds. The Morgan fingerprint density at radius 3 is 2.42 bits per heavy atom. The molecule has 1 saturated heterocycles. The highest BCUT2D eigenvalue weighted by molar-refractivity contribution is 6.15. The molecule has 0 radical (unpaired) electrons. The average Bonchev–Trinajstić information content (AvgIpc) is 2.62. The van der Waals surface area contributed by atoms with Crippen LogP contribution in [0.3, 0.4) is 0 Å². The Labute approximate surface area is 139 Å². The van der Waals surface area contributed by atoms with E-state index in [1.165, 1.54) is 0 Å². The van der Waals surface area contributed by atoms with E-state index >= 15 is 0 Å². The molecule has 1 aliphatic rings. The molecule has 7 heteroatoms. The van der Waals surface area contributed by atoms with Crippen molar-refractivity contribution in [2.75, 3.05) is 31.1 Å². The van der Waals surface area contributed by atoms with Gasteiger partial charge in [0.05, 0.1) is 16.9 Å². The molecule has 7 nitrogen and oxygen atoms in total. The Morgan fingerprint density at radius 1 is 1.12 bits per heavy atom. The molecule has 0 spiro atoms. The van der Waals surface area contributed by atoms with E-state index in [0.29, 0.717) is 35.6 Å². The first-order valence-corrected chi connectivity index (χ1v) is 7.82. The van der Waals surface area contributed by atoms with Crippen molar-refractivity contribution < 1.29 is 9.59 Å². The van der Waals surface area contributed by atoms with Crippen LogP contribution in [0.4, 0.5) is 5.69 Å². The van der Waals surface area contributed by atoms with Crippen LogP contribution < -0.4 is 16.0 Å². The van der Waals surface area contributed by atoms with Gasteiger partial charge in [-0.3, -0.25) is 9.59 Å². The highest BCUT2D eigenvalue weighted by Crippen LogP contribution is 2.28. The highest BCUT2D eigenvalue weighted by atomic mass is 16.1. The third kappa shape index (κ3) is 2.98. The Hall–Kier alpha value is -2.80. The fourth-order valence-corrected chi connectivity index (χ4v) is 2.88. The number of anilines is 1. The summed E-state index contributed by atoms with van der Waals surface area (Å²) in [5.41, 5.74) is 7.44. The molecule has 0 atom stereocenters. The number of carbonyl (C=O) groups excluding carboxylic acids is 2. The third-order valence-electron chi connectivity index (χ3n) is 4.05. The molecule has 3 N–H and O–H groups in total. The lowest BCUT2D eigenvalue weighted by Gasteiger charge is -2.31. The number of amides is 1. The monoisotopic (exact) mass is 325 g/mol. The summed E-state index contributed by atoms with van der Waals surface area (Å²) in [5.74, 6) is -0.864. The van der Waals surface area contributed by atoms with Gasteiger partial charge in [-0.25, -0.2) is 0 Å². The van der Waals surface area contributed by atoms with E-state index in [-0.39, 0.29) is 11.5 Å². The second kappa shape index (κ2) is 6.76. The summed E-state index contributed by atoms with van der Waals surface area (Å²) in [4.78, 5) is 26.9. The van der Waals surface area contributed by atoms with Crippen LogP contribution in [0.2, 0.25) is 0 Å². The van der Waals surface area contributed by atoms with E-state index in [1.807, 2.05) is 11.0 Å². The minimum absolute atomic E-state index is 0.0433. The molecule has 1 aromatic heterocycles. The summed E-state index contributed by atoms with van der Waals surface area (Å²) >= 11 is 0. The molecule has 0 saturated carbocycles. The first-order valence-electron chi connectivity index (χ1n) is 7.82. The van der Waals surface area contributed by atoms with Crippen molar-refractivity contribution in [3.8, 4) is 0 Å². The van der Waals surface area contributed by atoms with Gasteiger partial charge in [0.2, 0.25) is 0 Å². The first-order chi connectivity index (χ1) is 11.6. The first kappa shape index (κ1) is 16.1. The summed E-state index contributed by atoms with van der Waals surface area (Å²) in [6.45, 7) is 4.58. The fourth-order valence-electron chi connectivity index (χ4n) is 2.88. The second-order valence-corrected chi connectivity index (χ2v) is 5.65. The molecule has 1 fully saturated rings. The molecule has 1 aromatic carbocycles. The van der Waals surface area contributed by atoms with Crippen molar-refractivity contribution >= 4 is 17.4 Å². The lowest BCUT2D eigenvalue weighted by molar-refractivity contribution is 0.0995. The maximum absolute atomic E-state index is 13.0. The summed E-state index contributed by atoms with van der Waals surface area (Å²) in [6, 6.07) is 8.94. The van der Waals surface area contributed by atoms with E-state index in [9.17, 15) is 9.59 Å². The zero-order valence-electron chi connectivity index (χ0n) is 13.5. The van der Waals surface area contributed by atoms with E-state index < -0.39 is 5.91 Å². The number of nitrogens with zero attached hydrogens (tertiary/aromatic N) is 3. The van der Waals surface area contributed by atoms with E-state index in [4.69, 9.17) is 5.73 Å². The van der Waals surface area contributed by atoms with Gasteiger partial charge in [0.25, 0.3) is 5.91 Å². The molecule has 24 heavy (non-hydrogen) atoms. The van der Waals surface area contributed by atoms with Crippen LogP contribution in [0, 0.1) is 6.92 Å². The van der Waals surface area contributed by atoms with Crippen LogP contribution in [-0.4, -0.2) is 48.1 Å². The summed E-state index contributed by atoms with van der Waals surface area (Å²) in [7, 11) is 0. The number of nitrogens with one attached hydrogen (secondary N) is 1. The lowest BCUT2D eigenvalue weighted by atomic mass is 9.98. The van der Waals surface area contributed by atoms with Crippen molar-refractivity contribution in [1.82, 2.24) is 15.5 Å². The number of rotatable bonds is 4. The van der Waals surface area contributed by atoms with Crippen LogP contribution in [0.5, 0.6) is 0 Å². The molecule has 3 rings (SSSR count). The van der Waals surface area contributed by atoms with Gasteiger partial charge in [0.15, 0.2) is 11.5 Å². The molecular formula is C17H19N5O2. The van der Waals surface area contributed by atoms with Crippen LogP contribution >= 0.6 is 0 Å². The highest BCUT2D eigenvalue weighted by Gasteiger charge is 2.28. The minimum atomic E-state index is -0.682. The number of aryl methyl sites for hydroxylation is 1. The number of hydrogen-bond acceptors (Lipinski definition) is 6. The molecule has 0 bridgehead atoms. The van der Waals surface area contributed by atoms with Crippen molar-refractivity contribution in [2.45, 2.75) is 6.92 Å². The number of primary amides is 1. The largest absolute Gasteiger partial charge is 0.366 e. The van der Waals surface area contributed by atoms with Crippen LogP contribution in [0.15, 0.2) is 30.3 Å². The number of carbonyl (C=O) groups is 2. The molecular weight excluding hydrogens is 306 g/mol. The van der Waals surface area contributed by atoms with Gasteiger partial charge in [-0.05, 0) is 6.92 Å². The number of nitrogens with two attached hydrogens (primary N) is 1. The third-order valence-corrected chi connectivity index (χ3v) is 4.05. The topological polar surface area (TPSA) is 101 Å². The zero-order chi connectivity index (χ0) is 17.1. The molecule has 2 aromatic rings. The van der Waals surface area contributed by atoms with Crippen LogP contribution in [0.25, 0.3) is 0 Å². The summed E-state index contributed by atoms with van der Waals surface area (Å²) in [5, 5.41) is 11.2. The number of hydrogen-bond donors (Lipinski definition) is 2. The fraction of sp³-hybridized carbons (Fsp3) is 0.294. The molecule has 2 heterocycles. The van der Waals surface area contributed by atoms with Gasteiger partial charge >= 0.3 is 0 Å². The molecule has 124 valence electrons. The average molecular weight is 325 g/mol. The predicted octanol–water partition coefficient (Wildman–Crippen LogP) is 0.525. The van der Waals surface area contributed by atoms with Gasteiger partial charge in [0.1, 0.15) is 0 Å². The maximum Gasteiger partial charge on any atom is 0.271 e. The van der Waals surface area contributed by atoms with Crippen molar-refractivity contribution in [3.05, 3.63) is 52.8 Å².